The fourth-order valence-electron chi connectivity index (χ4n) is 5.81. The number of benzene rings is 3. The molecule has 2 aliphatic heterocycles. The lowest BCUT2D eigenvalue weighted by Crippen LogP contribution is -2.44. The van der Waals surface area contributed by atoms with Crippen LogP contribution in [0.25, 0.3) is 0 Å². The van der Waals surface area contributed by atoms with Gasteiger partial charge < -0.3 is 9.64 Å². The number of Topliss-reactive ketones (excluding diaryl/α,β-unsaturated/α-hetero) is 1. The standard InChI is InChI=1S/C29H31NO2/c1-22(31)29(25-8-4-2-5-9-25,26-10-6-3-7-11-26)27-15-18-30(21-27)17-14-23-12-13-28-24(20-23)16-19-32-28/h2-13,20,27H,14-19,21H2,1H3/t27-/m1/s1. The molecule has 1 fully saturated rings. The SMILES string of the molecule is CC(=O)C(c1ccccc1)(c1ccccc1)[C@@H]1CCN(CCc2ccc3c(c2)CCO3)C1. The third-order valence-electron chi connectivity index (χ3n) is 7.37. The van der Waals surface area contributed by atoms with Crippen molar-refractivity contribution < 1.29 is 9.53 Å². The number of hydrogen-bond acceptors (Lipinski definition) is 3. The van der Waals surface area contributed by atoms with Crippen molar-refractivity contribution in [2.45, 2.75) is 31.6 Å². The lowest BCUT2D eigenvalue weighted by molar-refractivity contribution is -0.122. The Hall–Kier alpha value is -2.91. The van der Waals surface area contributed by atoms with Crippen LogP contribution in [0.5, 0.6) is 5.75 Å². The van der Waals surface area contributed by atoms with E-state index in [2.05, 4.69) is 71.6 Å². The number of nitrogens with zero attached hydrogens (tertiary/aromatic N) is 1. The van der Waals surface area contributed by atoms with Crippen molar-refractivity contribution in [1.82, 2.24) is 4.90 Å². The van der Waals surface area contributed by atoms with E-state index in [-0.39, 0.29) is 11.7 Å². The van der Waals surface area contributed by atoms with Crippen LogP contribution in [0, 0.1) is 5.92 Å². The van der Waals surface area contributed by atoms with Gasteiger partial charge in [-0.25, -0.2) is 0 Å². The molecule has 0 radical (unpaired) electrons. The second kappa shape index (κ2) is 8.91. The van der Waals surface area contributed by atoms with Gasteiger partial charge in [-0.1, -0.05) is 72.8 Å². The molecule has 32 heavy (non-hydrogen) atoms. The van der Waals surface area contributed by atoms with Gasteiger partial charge in [-0.2, -0.15) is 0 Å². The van der Waals surface area contributed by atoms with E-state index in [9.17, 15) is 4.79 Å². The van der Waals surface area contributed by atoms with Gasteiger partial charge in [0.25, 0.3) is 0 Å². The summed E-state index contributed by atoms with van der Waals surface area (Å²) in [5.41, 5.74) is 4.35. The lowest BCUT2D eigenvalue weighted by atomic mass is 9.63. The second-order valence-corrected chi connectivity index (χ2v) is 9.17. The first-order valence-electron chi connectivity index (χ1n) is 11.8. The molecule has 0 unspecified atom stereocenters. The van der Waals surface area contributed by atoms with Gasteiger partial charge in [0.15, 0.2) is 0 Å². The van der Waals surface area contributed by atoms with Crippen molar-refractivity contribution in [3.63, 3.8) is 0 Å². The summed E-state index contributed by atoms with van der Waals surface area (Å²) in [6, 6.07) is 27.4. The molecule has 0 bridgehead atoms. The predicted molar refractivity (Wildman–Crippen MR) is 128 cm³/mol. The lowest BCUT2D eigenvalue weighted by Gasteiger charge is -2.38. The zero-order valence-electron chi connectivity index (χ0n) is 18.8. The summed E-state index contributed by atoms with van der Waals surface area (Å²) < 4.78 is 5.65. The van der Waals surface area contributed by atoms with E-state index in [1.165, 1.54) is 11.1 Å². The summed E-state index contributed by atoms with van der Waals surface area (Å²) in [5.74, 6) is 1.55. The largest absolute Gasteiger partial charge is 0.493 e. The van der Waals surface area contributed by atoms with Crippen LogP contribution in [0.3, 0.4) is 0 Å². The molecule has 0 aromatic heterocycles. The molecule has 2 aliphatic rings. The molecule has 1 saturated heterocycles. The van der Waals surface area contributed by atoms with Gasteiger partial charge in [-0.3, -0.25) is 4.79 Å². The average Bonchev–Trinajstić information content (AvgIpc) is 3.49. The van der Waals surface area contributed by atoms with Crippen molar-refractivity contribution in [3.8, 4) is 5.75 Å². The molecule has 5 rings (SSSR count). The summed E-state index contributed by atoms with van der Waals surface area (Å²) in [4.78, 5) is 16.0. The Bertz CT molecular complexity index is 1040. The minimum absolute atomic E-state index is 0.236. The topological polar surface area (TPSA) is 29.5 Å². The van der Waals surface area contributed by atoms with Crippen LogP contribution in [-0.4, -0.2) is 36.9 Å². The maximum absolute atomic E-state index is 13.4. The molecular weight excluding hydrogens is 394 g/mol. The summed E-state index contributed by atoms with van der Waals surface area (Å²) in [6.07, 6.45) is 3.08. The highest BCUT2D eigenvalue weighted by Crippen LogP contribution is 2.44. The van der Waals surface area contributed by atoms with E-state index in [1.807, 2.05) is 12.1 Å². The van der Waals surface area contributed by atoms with Crippen molar-refractivity contribution >= 4 is 5.78 Å². The number of carbonyl (C=O) groups excluding carboxylic acids is 1. The third kappa shape index (κ3) is 3.75. The minimum atomic E-state index is -0.595. The first-order valence-corrected chi connectivity index (χ1v) is 11.8. The molecule has 0 aliphatic carbocycles. The van der Waals surface area contributed by atoms with Gasteiger partial charge in [0.2, 0.25) is 0 Å². The summed E-state index contributed by atoms with van der Waals surface area (Å²) >= 11 is 0. The first kappa shape index (κ1) is 21.0. The Morgan fingerprint density at radius 3 is 2.34 bits per heavy atom. The number of ether oxygens (including phenoxy) is 1. The average molecular weight is 426 g/mol. The van der Waals surface area contributed by atoms with Gasteiger partial charge in [-0.15, -0.1) is 0 Å². The fraction of sp³-hybridized carbons (Fsp3) is 0.345. The number of likely N-dealkylation sites (tertiary alicyclic amines) is 1. The highest BCUT2D eigenvalue weighted by Gasteiger charge is 2.48. The minimum Gasteiger partial charge on any atom is -0.493 e. The second-order valence-electron chi connectivity index (χ2n) is 9.17. The summed E-state index contributed by atoms with van der Waals surface area (Å²) in [7, 11) is 0. The maximum atomic E-state index is 13.4. The van der Waals surface area contributed by atoms with Gasteiger partial charge in [0, 0.05) is 19.5 Å². The zero-order valence-corrected chi connectivity index (χ0v) is 18.8. The van der Waals surface area contributed by atoms with E-state index in [4.69, 9.17) is 4.74 Å². The summed E-state index contributed by atoms with van der Waals surface area (Å²) in [5, 5.41) is 0. The molecule has 1 atom stereocenters. The van der Waals surface area contributed by atoms with Gasteiger partial charge in [0.1, 0.15) is 11.5 Å². The number of carbonyl (C=O) groups is 1. The Labute approximate surface area is 191 Å². The van der Waals surface area contributed by atoms with E-state index in [0.717, 1.165) is 62.4 Å². The molecule has 0 N–H and O–H groups in total. The summed E-state index contributed by atoms with van der Waals surface area (Å²) in [6.45, 7) is 5.58. The van der Waals surface area contributed by atoms with Crippen molar-refractivity contribution in [3.05, 3.63) is 101 Å². The van der Waals surface area contributed by atoms with E-state index >= 15 is 0 Å². The highest BCUT2D eigenvalue weighted by molar-refractivity contribution is 5.92. The number of hydrogen-bond donors (Lipinski definition) is 0. The Balaban J connectivity index is 1.38. The molecule has 3 nitrogen and oxygen atoms in total. The maximum Gasteiger partial charge on any atom is 0.145 e. The van der Waals surface area contributed by atoms with E-state index in [0.29, 0.717) is 0 Å². The Morgan fingerprint density at radius 2 is 1.69 bits per heavy atom. The number of ketones is 1. The molecule has 3 heteroatoms. The van der Waals surface area contributed by atoms with Crippen LogP contribution in [0.1, 0.15) is 35.6 Å². The molecule has 2 heterocycles. The van der Waals surface area contributed by atoms with Crippen LogP contribution in [0.15, 0.2) is 78.9 Å². The Kier molecular flexibility index (Phi) is 5.84. The first-order chi connectivity index (χ1) is 15.7. The van der Waals surface area contributed by atoms with Crippen LogP contribution in [-0.2, 0) is 23.1 Å². The smallest absolute Gasteiger partial charge is 0.145 e. The zero-order chi connectivity index (χ0) is 22.0. The van der Waals surface area contributed by atoms with Crippen LogP contribution < -0.4 is 4.74 Å². The van der Waals surface area contributed by atoms with Gasteiger partial charge in [-0.05, 0) is 60.5 Å². The van der Waals surface area contributed by atoms with E-state index < -0.39 is 5.41 Å². The van der Waals surface area contributed by atoms with Crippen molar-refractivity contribution in [1.29, 1.82) is 0 Å². The van der Waals surface area contributed by atoms with Crippen molar-refractivity contribution in [2.24, 2.45) is 5.92 Å². The highest BCUT2D eigenvalue weighted by atomic mass is 16.5. The van der Waals surface area contributed by atoms with Gasteiger partial charge >= 0.3 is 0 Å². The molecule has 3 aromatic rings. The van der Waals surface area contributed by atoms with Gasteiger partial charge in [0.05, 0.1) is 12.0 Å². The number of fused-ring (bicyclic) bond motifs is 1. The molecule has 0 spiro atoms. The predicted octanol–water partition coefficient (Wildman–Crippen LogP) is 5.06. The van der Waals surface area contributed by atoms with Crippen molar-refractivity contribution in [2.75, 3.05) is 26.2 Å². The van der Waals surface area contributed by atoms with Crippen LogP contribution in [0.4, 0.5) is 0 Å². The normalized spacial score (nSPS) is 18.3. The molecule has 0 saturated carbocycles. The number of rotatable bonds is 7. The molecule has 0 amide bonds. The Morgan fingerprint density at radius 1 is 1.00 bits per heavy atom. The third-order valence-corrected chi connectivity index (χ3v) is 7.37. The van der Waals surface area contributed by atoms with Crippen LogP contribution in [0.2, 0.25) is 0 Å². The van der Waals surface area contributed by atoms with E-state index in [1.54, 1.807) is 6.92 Å². The van der Waals surface area contributed by atoms with Crippen LogP contribution >= 0.6 is 0 Å². The molecule has 164 valence electrons. The fourth-order valence-corrected chi connectivity index (χ4v) is 5.81. The molecule has 3 aromatic carbocycles. The quantitative estimate of drug-likeness (QED) is 0.530. The molecular formula is C29H31NO2. The monoisotopic (exact) mass is 425 g/mol.